The van der Waals surface area contributed by atoms with Gasteiger partial charge in [0.2, 0.25) is 0 Å². The molecule has 3 aromatic carbocycles. The monoisotopic (exact) mass is 375 g/mol. The summed E-state index contributed by atoms with van der Waals surface area (Å²) in [6.45, 7) is 2.92. The van der Waals surface area contributed by atoms with Crippen molar-refractivity contribution in [1.82, 2.24) is 4.57 Å². The number of aromatic nitrogens is 1. The Balaban J connectivity index is 1.41. The maximum absolute atomic E-state index is 12.2. The number of nitrogens with zero attached hydrogens (tertiary/aromatic N) is 1. The first-order valence-electron chi connectivity index (χ1n) is 9.38. The lowest BCUT2D eigenvalue weighted by Crippen LogP contribution is -2.25. The van der Waals surface area contributed by atoms with Crippen molar-refractivity contribution in [3.05, 3.63) is 87.2 Å². The van der Waals surface area contributed by atoms with Crippen molar-refractivity contribution < 1.29 is 9.15 Å². The molecule has 0 amide bonds. The van der Waals surface area contributed by atoms with E-state index in [4.69, 9.17) is 9.15 Å². The molecule has 5 heteroatoms. The van der Waals surface area contributed by atoms with Crippen molar-refractivity contribution >= 4 is 21.7 Å². The molecular formula is C23H21NO4. The van der Waals surface area contributed by atoms with Gasteiger partial charge in [0, 0.05) is 6.54 Å². The van der Waals surface area contributed by atoms with E-state index in [1.165, 1.54) is 5.39 Å². The summed E-state index contributed by atoms with van der Waals surface area (Å²) in [5, 5.41) is 2.77. The van der Waals surface area contributed by atoms with Gasteiger partial charge in [-0.25, -0.2) is 9.59 Å². The molecule has 0 fully saturated rings. The summed E-state index contributed by atoms with van der Waals surface area (Å²) in [6, 6.07) is 19.6. The summed E-state index contributed by atoms with van der Waals surface area (Å²) in [7, 11) is 0. The summed E-state index contributed by atoms with van der Waals surface area (Å²) in [5.41, 5.74) is 0.952. The van der Waals surface area contributed by atoms with Crippen molar-refractivity contribution in [1.29, 1.82) is 0 Å². The van der Waals surface area contributed by atoms with Crippen LogP contribution in [0.5, 0.6) is 5.75 Å². The average Bonchev–Trinajstić information content (AvgIpc) is 2.70. The van der Waals surface area contributed by atoms with Gasteiger partial charge in [0.25, 0.3) is 0 Å². The summed E-state index contributed by atoms with van der Waals surface area (Å²) in [6.07, 6.45) is 1.52. The summed E-state index contributed by atoms with van der Waals surface area (Å²) in [5.74, 6) is 0.227. The van der Waals surface area contributed by atoms with E-state index in [2.05, 4.69) is 12.1 Å². The zero-order valence-corrected chi connectivity index (χ0v) is 15.7. The Labute approximate surface area is 161 Å². The number of ether oxygens (including phenoxy) is 1. The van der Waals surface area contributed by atoms with Crippen LogP contribution in [-0.2, 0) is 6.54 Å². The van der Waals surface area contributed by atoms with Crippen LogP contribution in [0.2, 0.25) is 0 Å². The fourth-order valence-electron chi connectivity index (χ4n) is 3.48. The number of para-hydroxylation sites is 1. The van der Waals surface area contributed by atoms with Crippen molar-refractivity contribution in [2.75, 3.05) is 6.61 Å². The first kappa shape index (κ1) is 18.0. The van der Waals surface area contributed by atoms with E-state index in [0.29, 0.717) is 24.1 Å². The SMILES string of the molecule is Cc1cccc2c(=O)oc(=O)n(CCCCOc3ccc4ccccc4c3)c12. The molecule has 1 aromatic heterocycles. The Morgan fingerprint density at radius 2 is 1.75 bits per heavy atom. The van der Waals surface area contributed by atoms with Crippen molar-refractivity contribution in [3.63, 3.8) is 0 Å². The zero-order chi connectivity index (χ0) is 19.5. The molecule has 0 aliphatic heterocycles. The molecule has 28 heavy (non-hydrogen) atoms. The normalized spacial score (nSPS) is 11.2. The zero-order valence-electron chi connectivity index (χ0n) is 15.7. The van der Waals surface area contributed by atoms with E-state index in [1.807, 2.05) is 43.3 Å². The molecule has 0 saturated carbocycles. The van der Waals surface area contributed by atoms with Crippen LogP contribution in [0.1, 0.15) is 18.4 Å². The third-order valence-corrected chi connectivity index (χ3v) is 4.89. The van der Waals surface area contributed by atoms with E-state index >= 15 is 0 Å². The van der Waals surface area contributed by atoms with Crippen LogP contribution >= 0.6 is 0 Å². The minimum Gasteiger partial charge on any atom is -0.494 e. The van der Waals surface area contributed by atoms with Crippen molar-refractivity contribution in [2.24, 2.45) is 0 Å². The fourth-order valence-corrected chi connectivity index (χ4v) is 3.48. The summed E-state index contributed by atoms with van der Waals surface area (Å²) >= 11 is 0. The molecule has 0 saturated heterocycles. The van der Waals surface area contributed by atoms with Gasteiger partial charge in [-0.2, -0.15) is 0 Å². The summed E-state index contributed by atoms with van der Waals surface area (Å²) in [4.78, 5) is 24.1. The van der Waals surface area contributed by atoms with Crippen LogP contribution in [0, 0.1) is 6.92 Å². The standard InChI is InChI=1S/C23H21NO4/c1-16-7-6-10-20-21(16)24(23(26)28-22(20)25)13-4-5-14-27-19-12-11-17-8-2-3-9-18(17)15-19/h2-3,6-12,15H,4-5,13-14H2,1H3. The number of unbranched alkanes of at least 4 members (excludes halogenated alkanes) is 1. The number of hydrogen-bond donors (Lipinski definition) is 0. The van der Waals surface area contributed by atoms with E-state index in [0.717, 1.165) is 29.5 Å². The van der Waals surface area contributed by atoms with Crippen LogP contribution in [0.15, 0.2) is 74.7 Å². The Morgan fingerprint density at radius 1 is 0.929 bits per heavy atom. The minimum absolute atomic E-state index is 0.437. The molecule has 4 rings (SSSR count). The van der Waals surface area contributed by atoms with Gasteiger partial charge in [-0.05, 0) is 54.3 Å². The van der Waals surface area contributed by atoms with E-state index in [-0.39, 0.29) is 0 Å². The van der Waals surface area contributed by atoms with Crippen LogP contribution in [0.4, 0.5) is 0 Å². The Hall–Kier alpha value is -3.34. The average molecular weight is 375 g/mol. The van der Waals surface area contributed by atoms with Crippen LogP contribution in [0.3, 0.4) is 0 Å². The number of fused-ring (bicyclic) bond motifs is 2. The maximum atomic E-state index is 12.2. The Bertz CT molecular complexity index is 1250. The molecule has 0 radical (unpaired) electrons. The predicted molar refractivity (Wildman–Crippen MR) is 110 cm³/mol. The Kier molecular flexibility index (Phi) is 4.98. The van der Waals surface area contributed by atoms with E-state index < -0.39 is 11.4 Å². The summed E-state index contributed by atoms with van der Waals surface area (Å²) < 4.78 is 12.3. The molecule has 0 bridgehead atoms. The van der Waals surface area contributed by atoms with Gasteiger partial charge in [0.15, 0.2) is 0 Å². The van der Waals surface area contributed by atoms with Crippen LogP contribution in [-0.4, -0.2) is 11.2 Å². The molecule has 0 atom stereocenters. The van der Waals surface area contributed by atoms with Gasteiger partial charge in [-0.1, -0.05) is 42.5 Å². The third-order valence-electron chi connectivity index (χ3n) is 4.89. The van der Waals surface area contributed by atoms with Gasteiger partial charge in [-0.15, -0.1) is 0 Å². The predicted octanol–water partition coefficient (Wildman–Crippen LogP) is 4.28. The first-order valence-corrected chi connectivity index (χ1v) is 9.38. The highest BCUT2D eigenvalue weighted by atomic mass is 16.5. The second-order valence-electron chi connectivity index (χ2n) is 6.84. The van der Waals surface area contributed by atoms with Gasteiger partial charge in [0.05, 0.1) is 17.5 Å². The minimum atomic E-state index is -0.609. The maximum Gasteiger partial charge on any atom is 0.422 e. The van der Waals surface area contributed by atoms with Crippen LogP contribution < -0.4 is 16.1 Å². The quantitative estimate of drug-likeness (QED) is 0.472. The molecule has 4 aromatic rings. The van der Waals surface area contributed by atoms with Crippen molar-refractivity contribution in [2.45, 2.75) is 26.3 Å². The molecule has 5 nitrogen and oxygen atoms in total. The lowest BCUT2D eigenvalue weighted by atomic mass is 10.1. The van der Waals surface area contributed by atoms with Crippen molar-refractivity contribution in [3.8, 4) is 5.75 Å². The molecule has 142 valence electrons. The molecule has 0 spiro atoms. The number of benzene rings is 3. The van der Waals surface area contributed by atoms with E-state index in [1.54, 1.807) is 16.7 Å². The van der Waals surface area contributed by atoms with Gasteiger partial charge in [-0.3, -0.25) is 4.57 Å². The molecule has 0 aliphatic carbocycles. The molecule has 1 heterocycles. The first-order chi connectivity index (χ1) is 13.6. The van der Waals surface area contributed by atoms with Gasteiger partial charge >= 0.3 is 11.4 Å². The second-order valence-corrected chi connectivity index (χ2v) is 6.84. The number of aryl methyl sites for hydroxylation is 2. The number of rotatable bonds is 6. The smallest absolute Gasteiger partial charge is 0.422 e. The lowest BCUT2D eigenvalue weighted by Gasteiger charge is -2.11. The highest BCUT2D eigenvalue weighted by Crippen LogP contribution is 2.21. The third kappa shape index (κ3) is 3.56. The van der Waals surface area contributed by atoms with Gasteiger partial charge < -0.3 is 9.15 Å². The molecule has 0 aliphatic rings. The lowest BCUT2D eigenvalue weighted by molar-refractivity contribution is 0.301. The molecule has 0 unspecified atom stereocenters. The highest BCUT2D eigenvalue weighted by molar-refractivity contribution is 5.83. The Morgan fingerprint density at radius 3 is 2.61 bits per heavy atom. The second kappa shape index (κ2) is 7.72. The fraction of sp³-hybridized carbons (Fsp3) is 0.217. The van der Waals surface area contributed by atoms with E-state index in [9.17, 15) is 9.59 Å². The molecular weight excluding hydrogens is 354 g/mol. The molecule has 0 N–H and O–H groups in total. The number of hydrogen-bond acceptors (Lipinski definition) is 4. The van der Waals surface area contributed by atoms with Crippen LogP contribution in [0.25, 0.3) is 21.7 Å². The largest absolute Gasteiger partial charge is 0.494 e. The highest BCUT2D eigenvalue weighted by Gasteiger charge is 2.11. The van der Waals surface area contributed by atoms with Gasteiger partial charge in [0.1, 0.15) is 5.75 Å². The topological polar surface area (TPSA) is 61.4 Å².